The fourth-order valence-electron chi connectivity index (χ4n) is 3.73. The van der Waals surface area contributed by atoms with Crippen LogP contribution in [0.4, 0.5) is 0 Å². The molecule has 1 aliphatic rings. The first kappa shape index (κ1) is 17.7. The van der Waals surface area contributed by atoms with E-state index in [1.54, 1.807) is 0 Å². The lowest BCUT2D eigenvalue weighted by atomic mass is 9.80. The molecule has 0 amide bonds. The van der Waals surface area contributed by atoms with Gasteiger partial charge in [0.1, 0.15) is 5.75 Å². The van der Waals surface area contributed by atoms with E-state index in [0.29, 0.717) is 5.75 Å². The maximum atomic E-state index is 12.4. The Morgan fingerprint density at radius 3 is 2.20 bits per heavy atom. The van der Waals surface area contributed by atoms with Gasteiger partial charge in [-0.1, -0.05) is 68.7 Å². The van der Waals surface area contributed by atoms with Gasteiger partial charge in [-0.3, -0.25) is 4.79 Å². The Hall–Kier alpha value is -2.09. The lowest BCUT2D eigenvalue weighted by Crippen LogP contribution is -2.25. The first-order valence-electron chi connectivity index (χ1n) is 9.63. The third-order valence-electron chi connectivity index (χ3n) is 5.33. The molecule has 25 heavy (non-hydrogen) atoms. The largest absolute Gasteiger partial charge is 0.426 e. The van der Waals surface area contributed by atoms with Crippen LogP contribution in [-0.4, -0.2) is 5.97 Å². The van der Waals surface area contributed by atoms with Crippen molar-refractivity contribution < 1.29 is 9.53 Å². The number of ether oxygens (including phenoxy) is 1. The number of unbranched alkanes of at least 4 members (excludes halogenated alkanes) is 1. The molecule has 132 valence electrons. The second-order valence-corrected chi connectivity index (χ2v) is 7.17. The molecule has 0 aliphatic heterocycles. The molecule has 3 rings (SSSR count). The Kier molecular flexibility index (Phi) is 6.27. The quantitative estimate of drug-likeness (QED) is 0.460. The molecule has 2 heteroatoms. The van der Waals surface area contributed by atoms with E-state index >= 15 is 0 Å². The molecule has 0 saturated heterocycles. The summed E-state index contributed by atoms with van der Waals surface area (Å²) in [5.41, 5.74) is 2.31. The van der Waals surface area contributed by atoms with Crippen LogP contribution in [-0.2, 0) is 4.79 Å². The molecule has 0 heterocycles. The molecule has 0 N–H and O–H groups in total. The second-order valence-electron chi connectivity index (χ2n) is 7.17. The second kappa shape index (κ2) is 8.84. The molecule has 0 unspecified atom stereocenters. The van der Waals surface area contributed by atoms with E-state index in [-0.39, 0.29) is 11.9 Å². The summed E-state index contributed by atoms with van der Waals surface area (Å²) < 4.78 is 5.62. The molecular formula is C23H28O2. The van der Waals surface area contributed by atoms with E-state index in [4.69, 9.17) is 4.74 Å². The Morgan fingerprint density at radius 1 is 0.920 bits per heavy atom. The van der Waals surface area contributed by atoms with Crippen LogP contribution in [0.2, 0.25) is 0 Å². The van der Waals surface area contributed by atoms with E-state index in [0.717, 1.165) is 24.3 Å². The lowest BCUT2D eigenvalue weighted by Gasteiger charge is -2.27. The zero-order chi connectivity index (χ0) is 17.5. The number of benzene rings is 2. The minimum absolute atomic E-state index is 0.0543. The molecule has 1 fully saturated rings. The average Bonchev–Trinajstić information content (AvgIpc) is 2.68. The first-order chi connectivity index (χ1) is 12.3. The molecule has 2 aromatic carbocycles. The highest BCUT2D eigenvalue weighted by molar-refractivity contribution is 5.75. The highest BCUT2D eigenvalue weighted by atomic mass is 16.5. The summed E-state index contributed by atoms with van der Waals surface area (Å²) in [5.74, 6) is 1.49. The van der Waals surface area contributed by atoms with Crippen molar-refractivity contribution in [3.05, 3.63) is 54.6 Å². The van der Waals surface area contributed by atoms with Crippen LogP contribution in [0, 0.1) is 11.8 Å². The van der Waals surface area contributed by atoms with Crippen LogP contribution in [0.3, 0.4) is 0 Å². The Labute approximate surface area is 151 Å². The van der Waals surface area contributed by atoms with Crippen molar-refractivity contribution in [2.24, 2.45) is 11.8 Å². The summed E-state index contributed by atoms with van der Waals surface area (Å²) in [6.07, 6.45) is 8.21. The SMILES string of the molecule is CCCC[C@H]1CC[C@H](C(=O)Oc2ccc(-c3ccccc3)cc2)CC1. The minimum atomic E-state index is -0.0543. The fraction of sp³-hybridized carbons (Fsp3) is 0.435. The Bertz CT molecular complexity index is 652. The van der Waals surface area contributed by atoms with Gasteiger partial charge in [0.05, 0.1) is 5.92 Å². The van der Waals surface area contributed by atoms with Crippen molar-refractivity contribution in [1.82, 2.24) is 0 Å². The monoisotopic (exact) mass is 336 g/mol. The molecular weight excluding hydrogens is 308 g/mol. The highest BCUT2D eigenvalue weighted by Gasteiger charge is 2.27. The van der Waals surface area contributed by atoms with Crippen LogP contribution in [0.5, 0.6) is 5.75 Å². The van der Waals surface area contributed by atoms with Crippen LogP contribution < -0.4 is 4.74 Å². The van der Waals surface area contributed by atoms with Crippen molar-refractivity contribution in [3.63, 3.8) is 0 Å². The summed E-state index contributed by atoms with van der Waals surface area (Å²) in [6, 6.07) is 18.0. The molecule has 0 radical (unpaired) electrons. The molecule has 0 atom stereocenters. The Balaban J connectivity index is 1.52. The topological polar surface area (TPSA) is 26.3 Å². The summed E-state index contributed by atoms with van der Waals surface area (Å²) in [4.78, 5) is 12.4. The van der Waals surface area contributed by atoms with Gasteiger partial charge in [-0.25, -0.2) is 0 Å². The number of hydrogen-bond acceptors (Lipinski definition) is 2. The molecule has 2 nitrogen and oxygen atoms in total. The number of rotatable bonds is 6. The van der Waals surface area contributed by atoms with Crippen LogP contribution in [0.1, 0.15) is 51.9 Å². The third-order valence-corrected chi connectivity index (χ3v) is 5.33. The smallest absolute Gasteiger partial charge is 0.314 e. The zero-order valence-corrected chi connectivity index (χ0v) is 15.1. The van der Waals surface area contributed by atoms with Gasteiger partial charge in [-0.15, -0.1) is 0 Å². The standard InChI is InChI=1S/C23H28O2/c1-2-3-7-18-10-12-21(13-11-18)23(24)25-22-16-14-20(15-17-22)19-8-5-4-6-9-19/h4-6,8-9,14-18,21H,2-3,7,10-13H2,1H3/t18-,21-. The van der Waals surface area contributed by atoms with Crippen molar-refractivity contribution in [2.75, 3.05) is 0 Å². The van der Waals surface area contributed by atoms with Gasteiger partial charge in [0.2, 0.25) is 0 Å². The predicted molar refractivity (Wildman–Crippen MR) is 102 cm³/mol. The predicted octanol–water partition coefficient (Wildman–Crippen LogP) is 6.26. The molecule has 2 aromatic rings. The molecule has 1 saturated carbocycles. The van der Waals surface area contributed by atoms with Gasteiger partial charge in [0.15, 0.2) is 0 Å². The average molecular weight is 336 g/mol. The summed E-state index contributed by atoms with van der Waals surface area (Å²) in [5, 5.41) is 0. The normalized spacial score (nSPS) is 20.2. The highest BCUT2D eigenvalue weighted by Crippen LogP contribution is 2.33. The first-order valence-corrected chi connectivity index (χ1v) is 9.63. The number of carbonyl (C=O) groups excluding carboxylic acids is 1. The van der Waals surface area contributed by atoms with Gasteiger partial charge in [-0.2, -0.15) is 0 Å². The van der Waals surface area contributed by atoms with Crippen LogP contribution in [0.25, 0.3) is 11.1 Å². The van der Waals surface area contributed by atoms with Gasteiger partial charge in [0, 0.05) is 0 Å². The number of hydrogen-bond donors (Lipinski definition) is 0. The van der Waals surface area contributed by atoms with Gasteiger partial charge in [0.25, 0.3) is 0 Å². The van der Waals surface area contributed by atoms with Gasteiger partial charge >= 0.3 is 5.97 Å². The summed E-state index contributed by atoms with van der Waals surface area (Å²) in [7, 11) is 0. The van der Waals surface area contributed by atoms with E-state index in [1.807, 2.05) is 42.5 Å². The fourth-order valence-corrected chi connectivity index (χ4v) is 3.73. The maximum absolute atomic E-state index is 12.4. The molecule has 0 spiro atoms. The van der Waals surface area contributed by atoms with E-state index < -0.39 is 0 Å². The molecule has 0 bridgehead atoms. The molecule has 0 aromatic heterocycles. The number of carbonyl (C=O) groups is 1. The van der Waals surface area contributed by atoms with Crippen LogP contribution in [0.15, 0.2) is 54.6 Å². The summed E-state index contributed by atoms with van der Waals surface area (Å²) >= 11 is 0. The minimum Gasteiger partial charge on any atom is -0.426 e. The van der Waals surface area contributed by atoms with Gasteiger partial charge in [-0.05, 0) is 54.9 Å². The van der Waals surface area contributed by atoms with E-state index in [9.17, 15) is 4.79 Å². The Morgan fingerprint density at radius 2 is 1.56 bits per heavy atom. The third kappa shape index (κ3) is 4.94. The maximum Gasteiger partial charge on any atom is 0.314 e. The zero-order valence-electron chi connectivity index (χ0n) is 15.1. The lowest BCUT2D eigenvalue weighted by molar-refractivity contribution is -0.140. The summed E-state index contributed by atoms with van der Waals surface area (Å²) in [6.45, 7) is 2.24. The number of esters is 1. The van der Waals surface area contributed by atoms with Crippen molar-refractivity contribution in [1.29, 1.82) is 0 Å². The van der Waals surface area contributed by atoms with E-state index in [1.165, 1.54) is 37.7 Å². The van der Waals surface area contributed by atoms with E-state index in [2.05, 4.69) is 19.1 Å². The van der Waals surface area contributed by atoms with Crippen molar-refractivity contribution >= 4 is 5.97 Å². The van der Waals surface area contributed by atoms with Gasteiger partial charge < -0.3 is 4.74 Å². The molecule has 1 aliphatic carbocycles. The van der Waals surface area contributed by atoms with Crippen molar-refractivity contribution in [3.8, 4) is 16.9 Å². The van der Waals surface area contributed by atoms with Crippen molar-refractivity contribution in [2.45, 2.75) is 51.9 Å². The van der Waals surface area contributed by atoms with Crippen LogP contribution >= 0.6 is 0 Å².